The summed E-state index contributed by atoms with van der Waals surface area (Å²) in [7, 11) is 0. The molecule has 0 unspecified atom stereocenters. The number of benzene rings is 2. The molecule has 1 saturated heterocycles. The summed E-state index contributed by atoms with van der Waals surface area (Å²) in [6, 6.07) is 12.0. The normalized spacial score (nSPS) is 25.9. The maximum Gasteiger partial charge on any atom is 0.162 e. The Morgan fingerprint density at radius 1 is 0.871 bits per heavy atom. The van der Waals surface area contributed by atoms with Gasteiger partial charge in [-0.25, -0.2) is 0 Å². The predicted molar refractivity (Wildman–Crippen MR) is 114 cm³/mol. The average Bonchev–Trinajstić information content (AvgIpc) is 2.81. The van der Waals surface area contributed by atoms with Gasteiger partial charge in [0, 0.05) is 24.0 Å². The predicted octanol–water partition coefficient (Wildman–Crippen LogP) is 2.05. The molecule has 7 nitrogen and oxygen atoms in total. The number of aliphatic hydroxyl groups excluding tert-OH is 4. The highest BCUT2D eigenvalue weighted by Gasteiger charge is 2.44. The van der Waals surface area contributed by atoms with Gasteiger partial charge in [-0.1, -0.05) is 38.1 Å². The summed E-state index contributed by atoms with van der Waals surface area (Å²) in [5.74, 6) is -0.199. The molecule has 0 saturated carbocycles. The van der Waals surface area contributed by atoms with Gasteiger partial charge in [0.05, 0.1) is 6.61 Å². The van der Waals surface area contributed by atoms with Crippen LogP contribution in [0.5, 0.6) is 0 Å². The maximum atomic E-state index is 12.4. The molecule has 0 aliphatic carbocycles. The molecule has 1 heterocycles. The number of rotatable bonds is 7. The molecule has 7 heteroatoms. The van der Waals surface area contributed by atoms with Crippen LogP contribution >= 0.6 is 0 Å². The van der Waals surface area contributed by atoms with Gasteiger partial charge in [0.25, 0.3) is 0 Å². The molecular weight excluding hydrogens is 400 g/mol. The van der Waals surface area contributed by atoms with E-state index < -0.39 is 37.1 Å². The molecular formula is C24H28O7. The molecule has 3 rings (SSSR count). The zero-order valence-electron chi connectivity index (χ0n) is 17.6. The highest BCUT2D eigenvalue weighted by molar-refractivity contribution is 6.03. The summed E-state index contributed by atoms with van der Waals surface area (Å²) >= 11 is 0. The summed E-state index contributed by atoms with van der Waals surface area (Å²) in [6.07, 6.45) is -5.88. The minimum Gasteiger partial charge on any atom is -0.394 e. The number of Topliss-reactive ketones (excluding diaryl/α,β-unsaturated/α-hetero) is 2. The molecule has 1 aliphatic rings. The first kappa shape index (κ1) is 23.2. The number of hydrogen-bond donors (Lipinski definition) is 4. The van der Waals surface area contributed by atoms with Gasteiger partial charge >= 0.3 is 0 Å². The Balaban J connectivity index is 2.13. The topological polar surface area (TPSA) is 124 Å². The van der Waals surface area contributed by atoms with E-state index in [-0.39, 0.29) is 24.4 Å². The monoisotopic (exact) mass is 428 g/mol. The van der Waals surface area contributed by atoms with Crippen molar-refractivity contribution in [3.63, 3.8) is 0 Å². The van der Waals surface area contributed by atoms with Crippen molar-refractivity contribution >= 4 is 11.6 Å². The lowest BCUT2D eigenvalue weighted by atomic mass is 9.86. The Morgan fingerprint density at radius 3 is 2.00 bits per heavy atom. The van der Waals surface area contributed by atoms with Crippen molar-refractivity contribution in [3.05, 3.63) is 59.2 Å². The Labute approximate surface area is 180 Å². The van der Waals surface area contributed by atoms with Crippen LogP contribution in [0.2, 0.25) is 0 Å². The first-order chi connectivity index (χ1) is 14.8. The highest BCUT2D eigenvalue weighted by Crippen LogP contribution is 2.38. The van der Waals surface area contributed by atoms with E-state index in [1.165, 1.54) is 0 Å². The largest absolute Gasteiger partial charge is 0.394 e. The number of hydrogen-bond acceptors (Lipinski definition) is 7. The molecule has 0 aromatic heterocycles. The lowest BCUT2D eigenvalue weighted by molar-refractivity contribution is -0.231. The zero-order valence-corrected chi connectivity index (χ0v) is 17.6. The van der Waals surface area contributed by atoms with E-state index in [2.05, 4.69) is 0 Å². The van der Waals surface area contributed by atoms with Crippen molar-refractivity contribution in [2.75, 3.05) is 6.61 Å². The van der Waals surface area contributed by atoms with Gasteiger partial charge in [-0.3, -0.25) is 9.59 Å². The number of ether oxygens (including phenoxy) is 1. The van der Waals surface area contributed by atoms with E-state index in [0.717, 1.165) is 0 Å². The van der Waals surface area contributed by atoms with Gasteiger partial charge < -0.3 is 25.2 Å². The second kappa shape index (κ2) is 9.80. The third-order valence-electron chi connectivity index (χ3n) is 5.69. The minimum absolute atomic E-state index is 0.0997. The van der Waals surface area contributed by atoms with Crippen molar-refractivity contribution in [1.82, 2.24) is 0 Å². The summed E-state index contributed by atoms with van der Waals surface area (Å²) in [5.41, 5.74) is 2.56. The van der Waals surface area contributed by atoms with Gasteiger partial charge in [-0.2, -0.15) is 0 Å². The standard InChI is InChI=1S/C24H28O7/c1-3-18(26)14-9-13(10-15(11-14)19(27)4-2)16-7-5-6-8-17(16)24-23(30)22(29)21(28)20(12-25)31-24/h5-11,20-25,28-30H,3-4,12H2,1-2H3/t20-,21-,22+,23+,24-/m1/s1. The van der Waals surface area contributed by atoms with Crippen LogP contribution in [0.25, 0.3) is 11.1 Å². The van der Waals surface area contributed by atoms with Crippen molar-refractivity contribution < 1.29 is 34.8 Å². The maximum absolute atomic E-state index is 12.4. The highest BCUT2D eigenvalue weighted by atomic mass is 16.5. The van der Waals surface area contributed by atoms with Crippen LogP contribution < -0.4 is 0 Å². The number of ketones is 2. The van der Waals surface area contributed by atoms with Crippen LogP contribution in [0.1, 0.15) is 59.1 Å². The van der Waals surface area contributed by atoms with Gasteiger partial charge in [-0.05, 0) is 34.9 Å². The van der Waals surface area contributed by atoms with Crippen LogP contribution in [0.3, 0.4) is 0 Å². The van der Waals surface area contributed by atoms with E-state index in [1.54, 1.807) is 56.3 Å². The average molecular weight is 428 g/mol. The van der Waals surface area contributed by atoms with Gasteiger partial charge in [0.15, 0.2) is 11.6 Å². The molecule has 2 aromatic carbocycles. The third-order valence-corrected chi connectivity index (χ3v) is 5.69. The SMILES string of the molecule is CCC(=O)c1cc(C(=O)CC)cc(-c2ccccc2[C@H]2O[C@H](CO)[C@@H](O)[C@H](O)[C@@H]2O)c1. The number of carbonyl (C=O) groups excluding carboxylic acids is 2. The Morgan fingerprint density at radius 2 is 1.45 bits per heavy atom. The number of carbonyl (C=O) groups is 2. The molecule has 2 aromatic rings. The molecule has 1 fully saturated rings. The van der Waals surface area contributed by atoms with Crippen molar-refractivity contribution in [1.29, 1.82) is 0 Å². The summed E-state index contributed by atoms with van der Waals surface area (Å²) in [4.78, 5) is 24.8. The fourth-order valence-electron chi connectivity index (χ4n) is 3.88. The van der Waals surface area contributed by atoms with Crippen LogP contribution in [0.4, 0.5) is 0 Å². The fourth-order valence-corrected chi connectivity index (χ4v) is 3.88. The molecule has 4 N–H and O–H groups in total. The summed E-state index contributed by atoms with van der Waals surface area (Å²) in [6.45, 7) is 2.97. The molecule has 0 radical (unpaired) electrons. The van der Waals surface area contributed by atoms with Gasteiger partial charge in [0.2, 0.25) is 0 Å². The molecule has 0 bridgehead atoms. The second-order valence-corrected chi connectivity index (χ2v) is 7.69. The smallest absolute Gasteiger partial charge is 0.162 e. The third kappa shape index (κ3) is 4.61. The molecule has 31 heavy (non-hydrogen) atoms. The minimum atomic E-state index is -1.51. The second-order valence-electron chi connectivity index (χ2n) is 7.69. The summed E-state index contributed by atoms with van der Waals surface area (Å²) < 4.78 is 5.73. The Kier molecular flexibility index (Phi) is 7.35. The van der Waals surface area contributed by atoms with Crippen LogP contribution in [0, 0.1) is 0 Å². The molecule has 5 atom stereocenters. The Bertz CT molecular complexity index is 918. The lowest BCUT2D eigenvalue weighted by Crippen LogP contribution is -2.55. The number of aliphatic hydroxyl groups is 4. The van der Waals surface area contributed by atoms with Gasteiger partial charge in [-0.15, -0.1) is 0 Å². The van der Waals surface area contributed by atoms with Crippen molar-refractivity contribution in [3.8, 4) is 11.1 Å². The van der Waals surface area contributed by atoms with E-state index in [9.17, 15) is 30.0 Å². The van der Waals surface area contributed by atoms with Crippen LogP contribution in [-0.4, -0.2) is 63.0 Å². The van der Waals surface area contributed by atoms with Crippen molar-refractivity contribution in [2.45, 2.75) is 57.2 Å². The van der Waals surface area contributed by atoms with E-state index in [1.807, 2.05) is 0 Å². The first-order valence-electron chi connectivity index (χ1n) is 10.4. The van der Waals surface area contributed by atoms with Crippen LogP contribution in [-0.2, 0) is 4.74 Å². The van der Waals surface area contributed by atoms with Crippen LogP contribution in [0.15, 0.2) is 42.5 Å². The quantitative estimate of drug-likeness (QED) is 0.498. The molecule has 166 valence electrons. The summed E-state index contributed by atoms with van der Waals surface area (Å²) in [5, 5.41) is 40.4. The molecule has 0 amide bonds. The van der Waals surface area contributed by atoms with Gasteiger partial charge in [0.1, 0.15) is 30.5 Å². The fraction of sp³-hybridized carbons (Fsp3) is 0.417. The molecule has 0 spiro atoms. The lowest BCUT2D eigenvalue weighted by Gasteiger charge is -2.40. The Hall–Kier alpha value is -2.42. The first-order valence-corrected chi connectivity index (χ1v) is 10.4. The molecule has 1 aliphatic heterocycles. The van der Waals surface area contributed by atoms with Crippen molar-refractivity contribution in [2.24, 2.45) is 0 Å². The van der Waals surface area contributed by atoms with E-state index in [4.69, 9.17) is 4.74 Å². The van der Waals surface area contributed by atoms with E-state index in [0.29, 0.717) is 27.8 Å². The zero-order chi connectivity index (χ0) is 22.7. The van der Waals surface area contributed by atoms with E-state index >= 15 is 0 Å².